The number of ether oxygens (including phenoxy) is 1. The van der Waals surface area contributed by atoms with Crippen LogP contribution in [-0.2, 0) is 9.05 Å². The van der Waals surface area contributed by atoms with Gasteiger partial charge in [-0.1, -0.05) is 6.07 Å². The molecule has 19 heavy (non-hydrogen) atoms. The highest BCUT2D eigenvalue weighted by molar-refractivity contribution is 8.13. The van der Waals surface area contributed by atoms with Gasteiger partial charge in [-0.3, -0.25) is 0 Å². The number of nitrogens with zero attached hydrogens (tertiary/aromatic N) is 1. The molecule has 1 aromatic heterocycles. The van der Waals surface area contributed by atoms with Crippen LogP contribution in [0.25, 0.3) is 0 Å². The molecule has 1 heterocycles. The Morgan fingerprint density at radius 3 is 2.74 bits per heavy atom. The predicted molar refractivity (Wildman–Crippen MR) is 68.5 cm³/mol. The molecule has 4 nitrogen and oxygen atoms in total. The average Bonchev–Trinajstić information content (AvgIpc) is 2.33. The predicted octanol–water partition coefficient (Wildman–Crippen LogP) is 3.25. The van der Waals surface area contributed by atoms with Crippen molar-refractivity contribution in [1.29, 1.82) is 0 Å². The van der Waals surface area contributed by atoms with Crippen molar-refractivity contribution >= 4 is 19.7 Å². The first kappa shape index (κ1) is 13.8. The molecule has 0 aliphatic rings. The Bertz CT molecular complexity index is 719. The lowest BCUT2D eigenvalue weighted by Gasteiger charge is -2.09. The van der Waals surface area contributed by atoms with Gasteiger partial charge in [0.2, 0.25) is 5.88 Å². The highest BCUT2D eigenvalue weighted by Crippen LogP contribution is 2.30. The van der Waals surface area contributed by atoms with E-state index in [2.05, 4.69) is 4.98 Å². The summed E-state index contributed by atoms with van der Waals surface area (Å²) in [7, 11) is 1.25. The topological polar surface area (TPSA) is 56.3 Å². The number of halogens is 2. The van der Waals surface area contributed by atoms with Gasteiger partial charge in [0.15, 0.2) is 11.6 Å². The van der Waals surface area contributed by atoms with E-state index in [9.17, 15) is 12.8 Å². The molecule has 0 unspecified atom stereocenters. The van der Waals surface area contributed by atoms with Gasteiger partial charge in [0.1, 0.15) is 4.90 Å². The molecule has 0 radical (unpaired) electrons. The van der Waals surface area contributed by atoms with Crippen molar-refractivity contribution in [3.8, 4) is 11.6 Å². The van der Waals surface area contributed by atoms with Crippen molar-refractivity contribution in [2.24, 2.45) is 0 Å². The molecular formula is C12H9ClFNO3S. The molecule has 0 fully saturated rings. The first-order valence-electron chi connectivity index (χ1n) is 5.21. The van der Waals surface area contributed by atoms with Gasteiger partial charge in [0.05, 0.1) is 0 Å². The fraction of sp³-hybridized carbons (Fsp3) is 0.0833. The summed E-state index contributed by atoms with van der Waals surface area (Å²) in [5.74, 6) is -0.989. The molecule has 0 aliphatic carbocycles. The summed E-state index contributed by atoms with van der Waals surface area (Å²) in [6.07, 6.45) is 1.33. The molecule has 0 saturated carbocycles. The van der Waals surface area contributed by atoms with E-state index in [-0.39, 0.29) is 16.5 Å². The fourth-order valence-electron chi connectivity index (χ4n) is 1.43. The summed E-state index contributed by atoms with van der Waals surface area (Å²) >= 11 is 0. The van der Waals surface area contributed by atoms with Gasteiger partial charge < -0.3 is 4.74 Å². The molecule has 0 aliphatic heterocycles. The smallest absolute Gasteiger partial charge is 0.266 e. The molecule has 1 aromatic carbocycles. The molecule has 7 heteroatoms. The van der Waals surface area contributed by atoms with Crippen LogP contribution in [0.5, 0.6) is 11.6 Å². The van der Waals surface area contributed by atoms with E-state index in [1.807, 2.05) is 0 Å². The number of hydrogen-bond donors (Lipinski definition) is 0. The van der Waals surface area contributed by atoms with Crippen molar-refractivity contribution in [3.05, 3.63) is 47.9 Å². The van der Waals surface area contributed by atoms with Crippen LogP contribution in [0.4, 0.5) is 4.39 Å². The van der Waals surface area contributed by atoms with Crippen molar-refractivity contribution in [2.45, 2.75) is 11.8 Å². The molecule has 2 aromatic rings. The van der Waals surface area contributed by atoms with Crippen molar-refractivity contribution in [3.63, 3.8) is 0 Å². The second-order valence-electron chi connectivity index (χ2n) is 3.78. The van der Waals surface area contributed by atoms with E-state index in [4.69, 9.17) is 15.4 Å². The van der Waals surface area contributed by atoms with Crippen LogP contribution >= 0.6 is 10.7 Å². The third-order valence-electron chi connectivity index (χ3n) is 2.29. The molecule has 0 spiro atoms. The SMILES string of the molecule is Cc1ccc(F)c(Oc2ncccc2S(=O)(=O)Cl)c1. The van der Waals surface area contributed by atoms with Crippen LogP contribution in [0.15, 0.2) is 41.4 Å². The first-order valence-corrected chi connectivity index (χ1v) is 7.52. The quantitative estimate of drug-likeness (QED) is 0.817. The molecule has 2 rings (SSSR count). The number of hydrogen-bond acceptors (Lipinski definition) is 4. The van der Waals surface area contributed by atoms with Gasteiger partial charge in [-0.25, -0.2) is 17.8 Å². The van der Waals surface area contributed by atoms with Crippen LogP contribution in [-0.4, -0.2) is 13.4 Å². The van der Waals surface area contributed by atoms with Crippen LogP contribution in [0.2, 0.25) is 0 Å². The maximum atomic E-state index is 13.5. The van der Waals surface area contributed by atoms with E-state index >= 15 is 0 Å². The van der Waals surface area contributed by atoms with Crippen molar-refractivity contribution in [1.82, 2.24) is 4.98 Å². The summed E-state index contributed by atoms with van der Waals surface area (Å²) < 4.78 is 41.4. The lowest BCUT2D eigenvalue weighted by molar-refractivity contribution is 0.415. The van der Waals surface area contributed by atoms with Crippen molar-refractivity contribution < 1.29 is 17.5 Å². The summed E-state index contributed by atoms with van der Waals surface area (Å²) in [6, 6.07) is 6.87. The van der Waals surface area contributed by atoms with Crippen LogP contribution < -0.4 is 4.74 Å². The standard InChI is InChI=1S/C12H9ClFNO3S/c1-8-4-5-9(14)10(7-8)18-12-11(19(13,16)17)3-2-6-15-12/h2-7H,1H3. The van der Waals surface area contributed by atoms with E-state index in [0.717, 1.165) is 5.56 Å². The van der Waals surface area contributed by atoms with Gasteiger partial charge in [-0.05, 0) is 36.8 Å². The minimum absolute atomic E-state index is 0.111. The molecule has 100 valence electrons. The monoisotopic (exact) mass is 301 g/mol. The molecule has 0 atom stereocenters. The summed E-state index contributed by atoms with van der Waals surface area (Å²) in [6.45, 7) is 1.75. The zero-order valence-electron chi connectivity index (χ0n) is 9.80. The Labute approximate surface area is 114 Å². The van der Waals surface area contributed by atoms with Crippen LogP contribution in [0, 0.1) is 12.7 Å². The summed E-state index contributed by atoms with van der Waals surface area (Å²) in [5.41, 5.74) is 0.766. The second-order valence-corrected chi connectivity index (χ2v) is 6.31. The van der Waals surface area contributed by atoms with Gasteiger partial charge in [-0.15, -0.1) is 0 Å². The number of aryl methyl sites for hydroxylation is 1. The maximum absolute atomic E-state index is 13.5. The molecule has 0 saturated heterocycles. The Kier molecular flexibility index (Phi) is 3.73. The third-order valence-corrected chi connectivity index (χ3v) is 3.63. The molecule has 0 amide bonds. The average molecular weight is 302 g/mol. The normalized spacial score (nSPS) is 11.3. The Morgan fingerprint density at radius 1 is 1.32 bits per heavy atom. The maximum Gasteiger partial charge on any atom is 0.266 e. The minimum Gasteiger partial charge on any atom is -0.435 e. The number of pyridine rings is 1. The molecule has 0 N–H and O–H groups in total. The highest BCUT2D eigenvalue weighted by atomic mass is 35.7. The zero-order chi connectivity index (χ0) is 14.0. The fourth-order valence-corrected chi connectivity index (χ4v) is 2.33. The largest absolute Gasteiger partial charge is 0.435 e. The van der Waals surface area contributed by atoms with Gasteiger partial charge in [0.25, 0.3) is 9.05 Å². The lowest BCUT2D eigenvalue weighted by atomic mass is 10.2. The Morgan fingerprint density at radius 2 is 2.05 bits per heavy atom. The lowest BCUT2D eigenvalue weighted by Crippen LogP contribution is -1.99. The summed E-state index contributed by atoms with van der Waals surface area (Å²) in [4.78, 5) is 3.45. The summed E-state index contributed by atoms with van der Waals surface area (Å²) in [5, 5.41) is 0. The van der Waals surface area contributed by atoms with Crippen LogP contribution in [0.1, 0.15) is 5.56 Å². The van der Waals surface area contributed by atoms with E-state index < -0.39 is 14.9 Å². The first-order chi connectivity index (χ1) is 8.88. The molecular weight excluding hydrogens is 293 g/mol. The van der Waals surface area contributed by atoms with E-state index in [1.54, 1.807) is 13.0 Å². The van der Waals surface area contributed by atoms with Crippen LogP contribution in [0.3, 0.4) is 0 Å². The Balaban J connectivity index is 2.47. The number of aromatic nitrogens is 1. The van der Waals surface area contributed by atoms with Gasteiger partial charge >= 0.3 is 0 Å². The highest BCUT2D eigenvalue weighted by Gasteiger charge is 2.19. The van der Waals surface area contributed by atoms with E-state index in [1.165, 1.54) is 30.5 Å². The third kappa shape index (κ3) is 3.21. The van der Waals surface area contributed by atoms with Gasteiger partial charge in [-0.2, -0.15) is 0 Å². The number of rotatable bonds is 3. The van der Waals surface area contributed by atoms with E-state index in [0.29, 0.717) is 0 Å². The zero-order valence-corrected chi connectivity index (χ0v) is 11.4. The second kappa shape index (κ2) is 5.14. The Hall–Kier alpha value is -1.66. The van der Waals surface area contributed by atoms with Gasteiger partial charge in [0, 0.05) is 16.9 Å². The minimum atomic E-state index is -4.01. The molecule has 0 bridgehead atoms. The number of benzene rings is 1. The van der Waals surface area contributed by atoms with Crippen molar-refractivity contribution in [2.75, 3.05) is 0 Å².